The van der Waals surface area contributed by atoms with E-state index >= 15 is 0 Å². The van der Waals surface area contributed by atoms with Gasteiger partial charge in [0.05, 0.1) is 6.04 Å². The molecule has 3 aromatic carbocycles. The highest BCUT2D eigenvalue weighted by molar-refractivity contribution is 5.95. The quantitative estimate of drug-likeness (QED) is 0.338. The Balaban J connectivity index is 1.67. The van der Waals surface area contributed by atoms with E-state index in [1.807, 2.05) is 48.5 Å². The fourth-order valence-corrected chi connectivity index (χ4v) is 3.35. The van der Waals surface area contributed by atoms with E-state index in [2.05, 4.69) is 10.3 Å². The molecule has 0 fully saturated rings. The average Bonchev–Trinajstić information content (AvgIpc) is 2.80. The largest absolute Gasteiger partial charge is 0.505 e. The standard InChI is InChI=1S/C24H21N3O3/c25-20-14-19(24(29)23-18(20)12-7-13-26-23)22(16-8-3-1-4-9-16)27-21(28)15-30-17-10-5-2-6-11-17/h1-14,22,29H,15,25H2,(H,27,28). The number of para-hydroxylation sites is 1. The number of ether oxygens (including phenoxy) is 1. The Labute approximate surface area is 174 Å². The number of nitrogens with zero attached hydrogens (tertiary/aromatic N) is 1. The predicted molar refractivity (Wildman–Crippen MR) is 116 cm³/mol. The minimum absolute atomic E-state index is 0.0158. The van der Waals surface area contributed by atoms with Gasteiger partial charge in [0.2, 0.25) is 0 Å². The summed E-state index contributed by atoms with van der Waals surface area (Å²) in [6, 6.07) is 23.1. The van der Waals surface area contributed by atoms with E-state index in [0.29, 0.717) is 27.9 Å². The van der Waals surface area contributed by atoms with Crippen LogP contribution in [0.2, 0.25) is 0 Å². The van der Waals surface area contributed by atoms with Crippen molar-refractivity contribution < 1.29 is 14.6 Å². The molecular weight excluding hydrogens is 378 g/mol. The summed E-state index contributed by atoms with van der Waals surface area (Å²) in [5.41, 5.74) is 8.36. The molecule has 0 bridgehead atoms. The van der Waals surface area contributed by atoms with Gasteiger partial charge in [-0.1, -0.05) is 48.5 Å². The second-order valence-electron chi connectivity index (χ2n) is 6.82. The van der Waals surface area contributed by atoms with E-state index in [1.54, 1.807) is 36.5 Å². The lowest BCUT2D eigenvalue weighted by molar-refractivity contribution is -0.123. The fourth-order valence-electron chi connectivity index (χ4n) is 3.35. The first-order chi connectivity index (χ1) is 14.6. The Morgan fingerprint density at radius 3 is 2.47 bits per heavy atom. The van der Waals surface area contributed by atoms with Crippen LogP contribution in [0.4, 0.5) is 5.69 Å². The van der Waals surface area contributed by atoms with Crippen molar-refractivity contribution in [2.45, 2.75) is 6.04 Å². The molecule has 0 aliphatic rings. The van der Waals surface area contributed by atoms with Crippen LogP contribution in [0.1, 0.15) is 17.2 Å². The number of benzene rings is 3. The molecule has 4 rings (SSSR count). The maximum absolute atomic E-state index is 12.7. The van der Waals surface area contributed by atoms with Crippen LogP contribution in [-0.2, 0) is 4.79 Å². The number of rotatable bonds is 6. The van der Waals surface area contributed by atoms with E-state index in [1.165, 1.54) is 0 Å². The number of nitrogens with one attached hydrogen (secondary N) is 1. The van der Waals surface area contributed by atoms with E-state index in [0.717, 1.165) is 5.56 Å². The van der Waals surface area contributed by atoms with Gasteiger partial charge in [0.25, 0.3) is 5.91 Å². The molecule has 1 atom stereocenters. The number of phenols is 1. The Kier molecular flexibility index (Phi) is 5.48. The Morgan fingerprint density at radius 2 is 1.73 bits per heavy atom. The van der Waals surface area contributed by atoms with E-state index in [-0.39, 0.29) is 18.3 Å². The molecule has 4 N–H and O–H groups in total. The van der Waals surface area contributed by atoms with Gasteiger partial charge in [-0.05, 0) is 35.9 Å². The van der Waals surface area contributed by atoms with Gasteiger partial charge in [-0.3, -0.25) is 9.78 Å². The zero-order valence-corrected chi connectivity index (χ0v) is 16.2. The maximum atomic E-state index is 12.7. The van der Waals surface area contributed by atoms with Gasteiger partial charge in [0, 0.05) is 22.8 Å². The molecular formula is C24H21N3O3. The van der Waals surface area contributed by atoms with Gasteiger partial charge < -0.3 is 20.9 Å². The minimum atomic E-state index is -0.619. The van der Waals surface area contributed by atoms with Crippen molar-refractivity contribution >= 4 is 22.5 Å². The van der Waals surface area contributed by atoms with Crippen molar-refractivity contribution in [1.29, 1.82) is 0 Å². The number of pyridine rings is 1. The molecule has 6 nitrogen and oxygen atoms in total. The summed E-state index contributed by atoms with van der Waals surface area (Å²) in [7, 11) is 0. The summed E-state index contributed by atoms with van der Waals surface area (Å²) >= 11 is 0. The van der Waals surface area contributed by atoms with Gasteiger partial charge in [0.15, 0.2) is 6.61 Å². The fraction of sp³-hybridized carbons (Fsp3) is 0.0833. The van der Waals surface area contributed by atoms with E-state index in [9.17, 15) is 9.90 Å². The molecule has 1 aromatic heterocycles. The number of amides is 1. The average molecular weight is 399 g/mol. The van der Waals surface area contributed by atoms with Crippen molar-refractivity contribution in [3.05, 3.63) is 96.2 Å². The number of phenolic OH excluding ortho intramolecular Hbond substituents is 1. The SMILES string of the molecule is Nc1cc(C(NC(=O)COc2ccccc2)c2ccccc2)c(O)c2ncccc12. The number of carbonyl (C=O) groups excluding carboxylic acids is 1. The van der Waals surface area contributed by atoms with Crippen LogP contribution in [-0.4, -0.2) is 22.6 Å². The number of aromatic nitrogens is 1. The van der Waals surface area contributed by atoms with Crippen molar-refractivity contribution in [3.8, 4) is 11.5 Å². The lowest BCUT2D eigenvalue weighted by Crippen LogP contribution is -2.33. The van der Waals surface area contributed by atoms with Crippen LogP contribution in [0, 0.1) is 0 Å². The third-order valence-corrected chi connectivity index (χ3v) is 4.79. The summed E-state index contributed by atoms with van der Waals surface area (Å²) in [6.07, 6.45) is 1.59. The highest BCUT2D eigenvalue weighted by Crippen LogP contribution is 2.37. The second-order valence-corrected chi connectivity index (χ2v) is 6.82. The summed E-state index contributed by atoms with van der Waals surface area (Å²) in [6.45, 7) is -0.157. The minimum Gasteiger partial charge on any atom is -0.505 e. The predicted octanol–water partition coefficient (Wildman–Crippen LogP) is 3.81. The number of aromatic hydroxyl groups is 1. The molecule has 0 aliphatic carbocycles. The van der Waals surface area contributed by atoms with Crippen LogP contribution >= 0.6 is 0 Å². The molecule has 0 radical (unpaired) electrons. The molecule has 1 unspecified atom stereocenters. The monoisotopic (exact) mass is 399 g/mol. The molecule has 1 amide bonds. The number of nitrogens with two attached hydrogens (primary N) is 1. The highest BCUT2D eigenvalue weighted by atomic mass is 16.5. The van der Waals surface area contributed by atoms with Crippen LogP contribution in [0.5, 0.6) is 11.5 Å². The van der Waals surface area contributed by atoms with Crippen molar-refractivity contribution in [1.82, 2.24) is 10.3 Å². The van der Waals surface area contributed by atoms with Gasteiger partial charge in [0.1, 0.15) is 17.0 Å². The lowest BCUT2D eigenvalue weighted by atomic mass is 9.95. The molecule has 0 spiro atoms. The van der Waals surface area contributed by atoms with Crippen LogP contribution in [0.3, 0.4) is 0 Å². The van der Waals surface area contributed by atoms with E-state index in [4.69, 9.17) is 10.5 Å². The first kappa shape index (κ1) is 19.3. The third kappa shape index (κ3) is 4.03. The van der Waals surface area contributed by atoms with Gasteiger partial charge in [-0.25, -0.2) is 0 Å². The number of hydrogen-bond donors (Lipinski definition) is 3. The zero-order chi connectivity index (χ0) is 20.9. The van der Waals surface area contributed by atoms with Crippen molar-refractivity contribution in [3.63, 3.8) is 0 Å². The zero-order valence-electron chi connectivity index (χ0n) is 16.2. The maximum Gasteiger partial charge on any atom is 0.258 e. The van der Waals surface area contributed by atoms with Crippen LogP contribution in [0.15, 0.2) is 85.1 Å². The number of anilines is 1. The molecule has 30 heavy (non-hydrogen) atoms. The topological polar surface area (TPSA) is 97.5 Å². The number of hydrogen-bond acceptors (Lipinski definition) is 5. The number of carbonyl (C=O) groups is 1. The summed E-state index contributed by atoms with van der Waals surface area (Å²) < 4.78 is 5.55. The summed E-state index contributed by atoms with van der Waals surface area (Å²) in [4.78, 5) is 16.9. The Bertz CT molecular complexity index is 1160. The molecule has 0 saturated carbocycles. The molecule has 150 valence electrons. The third-order valence-electron chi connectivity index (χ3n) is 4.79. The molecule has 0 saturated heterocycles. The first-order valence-corrected chi connectivity index (χ1v) is 9.51. The van der Waals surface area contributed by atoms with Gasteiger partial charge >= 0.3 is 0 Å². The normalized spacial score (nSPS) is 11.7. The molecule has 0 aliphatic heterocycles. The molecule has 6 heteroatoms. The smallest absolute Gasteiger partial charge is 0.258 e. The van der Waals surface area contributed by atoms with Crippen molar-refractivity contribution in [2.24, 2.45) is 0 Å². The van der Waals surface area contributed by atoms with Crippen LogP contribution in [0.25, 0.3) is 10.9 Å². The van der Waals surface area contributed by atoms with Gasteiger partial charge in [-0.15, -0.1) is 0 Å². The van der Waals surface area contributed by atoms with Crippen LogP contribution < -0.4 is 15.8 Å². The Hall–Kier alpha value is -4.06. The summed E-state index contributed by atoms with van der Waals surface area (Å²) in [5, 5.41) is 14.5. The lowest BCUT2D eigenvalue weighted by Gasteiger charge is -2.22. The Morgan fingerprint density at radius 1 is 1.03 bits per heavy atom. The molecule has 1 heterocycles. The van der Waals surface area contributed by atoms with E-state index < -0.39 is 6.04 Å². The molecule has 4 aromatic rings. The second kappa shape index (κ2) is 8.53. The number of fused-ring (bicyclic) bond motifs is 1. The van der Waals surface area contributed by atoms with Crippen molar-refractivity contribution in [2.75, 3.05) is 12.3 Å². The summed E-state index contributed by atoms with van der Waals surface area (Å²) in [5.74, 6) is 0.260. The van der Waals surface area contributed by atoms with Gasteiger partial charge in [-0.2, -0.15) is 0 Å². The first-order valence-electron chi connectivity index (χ1n) is 9.51. The highest BCUT2D eigenvalue weighted by Gasteiger charge is 2.23. The number of nitrogen functional groups attached to an aromatic ring is 1.